The van der Waals surface area contributed by atoms with Crippen LogP contribution in [0.2, 0.25) is 0 Å². The molecule has 1 saturated heterocycles. The number of aromatic amines is 1. The number of carbonyl (C=O) groups is 1. The molecule has 3 rings (SSSR count). The van der Waals surface area contributed by atoms with Crippen molar-refractivity contribution in [1.29, 1.82) is 0 Å². The molecule has 0 aliphatic carbocycles. The minimum absolute atomic E-state index is 0.0737. The van der Waals surface area contributed by atoms with Gasteiger partial charge in [0.15, 0.2) is 0 Å². The van der Waals surface area contributed by atoms with Gasteiger partial charge >= 0.3 is 6.09 Å². The zero-order chi connectivity index (χ0) is 14.5. The first-order chi connectivity index (χ1) is 9.35. The summed E-state index contributed by atoms with van der Waals surface area (Å²) < 4.78 is 5.48. The van der Waals surface area contributed by atoms with Crippen LogP contribution in [0.5, 0.6) is 0 Å². The Balaban J connectivity index is 1.91. The Labute approximate surface area is 117 Å². The van der Waals surface area contributed by atoms with Crippen LogP contribution in [0.15, 0.2) is 10.9 Å². The molecular weight excluding hydrogens is 258 g/mol. The van der Waals surface area contributed by atoms with Crippen LogP contribution in [0.4, 0.5) is 4.79 Å². The van der Waals surface area contributed by atoms with E-state index in [1.54, 1.807) is 11.0 Å². The zero-order valence-electron chi connectivity index (χ0n) is 12.0. The Morgan fingerprint density at radius 2 is 2.20 bits per heavy atom. The van der Waals surface area contributed by atoms with Gasteiger partial charge in [-0.1, -0.05) is 0 Å². The molecule has 0 spiro atoms. The molecule has 1 amide bonds. The molecule has 2 bridgehead atoms. The summed E-state index contributed by atoms with van der Waals surface area (Å²) >= 11 is 0. The van der Waals surface area contributed by atoms with Crippen molar-refractivity contribution in [2.75, 3.05) is 0 Å². The molecular formula is C14H19N3O3. The molecule has 6 heteroatoms. The van der Waals surface area contributed by atoms with Crippen LogP contribution in [-0.4, -0.2) is 32.8 Å². The van der Waals surface area contributed by atoms with E-state index in [4.69, 9.17) is 4.74 Å². The monoisotopic (exact) mass is 277 g/mol. The number of fused-ring (bicyclic) bond motifs is 4. The number of aromatic nitrogens is 2. The van der Waals surface area contributed by atoms with Crippen molar-refractivity contribution in [3.8, 4) is 0 Å². The standard InChI is InChI=1S/C14H19N3O3/c1-14(2,3)20-13(19)17-9-4-5-10(17)12-8(6-9)7-11(18)15-16-12/h7,9-10H,4-6H2,1-3H3,(H,15,18). The van der Waals surface area contributed by atoms with E-state index < -0.39 is 5.60 Å². The van der Waals surface area contributed by atoms with Crippen molar-refractivity contribution in [2.45, 2.75) is 57.7 Å². The van der Waals surface area contributed by atoms with Crippen LogP contribution in [0.25, 0.3) is 0 Å². The molecule has 1 N–H and O–H groups in total. The van der Waals surface area contributed by atoms with E-state index in [0.717, 1.165) is 24.1 Å². The van der Waals surface area contributed by atoms with Gasteiger partial charge in [0, 0.05) is 12.1 Å². The van der Waals surface area contributed by atoms with E-state index in [9.17, 15) is 9.59 Å². The third-order valence-corrected chi connectivity index (χ3v) is 3.80. The van der Waals surface area contributed by atoms with Gasteiger partial charge in [0.05, 0.1) is 11.7 Å². The number of nitrogens with one attached hydrogen (secondary N) is 1. The summed E-state index contributed by atoms with van der Waals surface area (Å²) in [5.41, 5.74) is 1.08. The Morgan fingerprint density at radius 3 is 2.90 bits per heavy atom. The van der Waals surface area contributed by atoms with E-state index in [-0.39, 0.29) is 23.7 Å². The van der Waals surface area contributed by atoms with Crippen LogP contribution in [0.3, 0.4) is 0 Å². The number of H-pyrrole nitrogens is 1. The second-order valence-corrected chi connectivity index (χ2v) is 6.48. The van der Waals surface area contributed by atoms with Crippen molar-refractivity contribution in [3.05, 3.63) is 27.7 Å². The molecule has 2 aliphatic rings. The van der Waals surface area contributed by atoms with Crippen LogP contribution in [-0.2, 0) is 11.2 Å². The number of ether oxygens (including phenoxy) is 1. The van der Waals surface area contributed by atoms with Crippen LogP contribution in [0.1, 0.15) is 50.9 Å². The predicted molar refractivity (Wildman–Crippen MR) is 72.4 cm³/mol. The average Bonchev–Trinajstić information content (AvgIpc) is 2.63. The van der Waals surface area contributed by atoms with Crippen LogP contribution >= 0.6 is 0 Å². The zero-order valence-corrected chi connectivity index (χ0v) is 12.0. The first-order valence-electron chi connectivity index (χ1n) is 6.95. The second kappa shape index (κ2) is 4.33. The van der Waals surface area contributed by atoms with Gasteiger partial charge in [-0.25, -0.2) is 9.89 Å². The van der Waals surface area contributed by atoms with Crippen LogP contribution < -0.4 is 5.56 Å². The number of rotatable bonds is 0. The number of amides is 1. The maximum atomic E-state index is 12.4. The maximum Gasteiger partial charge on any atom is 0.411 e. The van der Waals surface area contributed by atoms with E-state index >= 15 is 0 Å². The SMILES string of the molecule is CC(C)(C)OC(=O)N1C2CCC1c1n[nH]c(=O)cc1C2. The average molecular weight is 277 g/mol. The van der Waals surface area contributed by atoms with Gasteiger partial charge in [0.1, 0.15) is 5.60 Å². The first-order valence-corrected chi connectivity index (χ1v) is 6.95. The van der Waals surface area contributed by atoms with E-state index in [0.29, 0.717) is 6.42 Å². The fourth-order valence-electron chi connectivity index (χ4n) is 3.10. The summed E-state index contributed by atoms with van der Waals surface area (Å²) in [5, 5.41) is 6.61. The third kappa shape index (κ3) is 2.19. The molecule has 0 saturated carbocycles. The Morgan fingerprint density at radius 1 is 1.45 bits per heavy atom. The largest absolute Gasteiger partial charge is 0.444 e. The molecule has 1 fully saturated rings. The molecule has 6 nitrogen and oxygen atoms in total. The summed E-state index contributed by atoms with van der Waals surface area (Å²) in [4.78, 5) is 25.5. The molecule has 1 aromatic heterocycles. The summed E-state index contributed by atoms with van der Waals surface area (Å²) in [6.07, 6.45) is 2.19. The minimum atomic E-state index is -0.505. The Hall–Kier alpha value is -1.85. The molecule has 0 aromatic carbocycles. The number of hydrogen-bond donors (Lipinski definition) is 1. The van der Waals surface area contributed by atoms with Crippen molar-refractivity contribution in [3.63, 3.8) is 0 Å². The second-order valence-electron chi connectivity index (χ2n) is 6.48. The van der Waals surface area contributed by atoms with Gasteiger partial charge in [0.25, 0.3) is 5.56 Å². The van der Waals surface area contributed by atoms with Crippen molar-refractivity contribution in [2.24, 2.45) is 0 Å². The highest BCUT2D eigenvalue weighted by atomic mass is 16.6. The highest BCUT2D eigenvalue weighted by molar-refractivity contribution is 5.70. The topological polar surface area (TPSA) is 75.3 Å². The summed E-state index contributed by atoms with van der Waals surface area (Å²) in [5.74, 6) is 0. The fourth-order valence-corrected chi connectivity index (χ4v) is 3.10. The first kappa shape index (κ1) is 13.1. The Kier molecular flexibility index (Phi) is 2.84. The highest BCUT2D eigenvalue weighted by Gasteiger charge is 2.45. The Bertz CT molecular complexity index is 602. The van der Waals surface area contributed by atoms with E-state index in [2.05, 4.69) is 10.2 Å². The summed E-state index contributed by atoms with van der Waals surface area (Å²) in [6, 6.07) is 1.64. The molecule has 2 unspecified atom stereocenters. The number of carbonyl (C=O) groups excluding carboxylic acids is 1. The van der Waals surface area contributed by atoms with E-state index in [1.807, 2.05) is 20.8 Å². The lowest BCUT2D eigenvalue weighted by molar-refractivity contribution is 0.0119. The molecule has 108 valence electrons. The lowest BCUT2D eigenvalue weighted by atomic mass is 9.99. The van der Waals surface area contributed by atoms with Gasteiger partial charge in [0.2, 0.25) is 0 Å². The molecule has 1 aromatic rings. The maximum absolute atomic E-state index is 12.4. The van der Waals surface area contributed by atoms with Crippen LogP contribution in [0, 0.1) is 0 Å². The third-order valence-electron chi connectivity index (χ3n) is 3.80. The molecule has 3 heterocycles. The quantitative estimate of drug-likeness (QED) is 0.784. The lowest BCUT2D eigenvalue weighted by Crippen LogP contribution is -2.45. The molecule has 2 atom stereocenters. The van der Waals surface area contributed by atoms with Gasteiger partial charge in [-0.3, -0.25) is 9.69 Å². The smallest absolute Gasteiger partial charge is 0.411 e. The summed E-state index contributed by atoms with van der Waals surface area (Å²) in [7, 11) is 0. The van der Waals surface area contributed by atoms with Gasteiger partial charge in [-0.05, 0) is 45.6 Å². The molecule has 2 aliphatic heterocycles. The number of hydrogen-bond acceptors (Lipinski definition) is 4. The van der Waals surface area contributed by atoms with Crippen molar-refractivity contribution < 1.29 is 9.53 Å². The highest BCUT2D eigenvalue weighted by Crippen LogP contribution is 2.42. The van der Waals surface area contributed by atoms with E-state index in [1.165, 1.54) is 0 Å². The lowest BCUT2D eigenvalue weighted by Gasteiger charge is -2.36. The van der Waals surface area contributed by atoms with Gasteiger partial charge < -0.3 is 4.74 Å². The molecule has 20 heavy (non-hydrogen) atoms. The minimum Gasteiger partial charge on any atom is -0.444 e. The summed E-state index contributed by atoms with van der Waals surface area (Å²) in [6.45, 7) is 5.58. The predicted octanol–water partition coefficient (Wildman–Crippen LogP) is 1.77. The van der Waals surface area contributed by atoms with Crippen molar-refractivity contribution >= 4 is 6.09 Å². The van der Waals surface area contributed by atoms with Crippen molar-refractivity contribution in [1.82, 2.24) is 15.1 Å². The number of nitrogens with zero attached hydrogens (tertiary/aromatic N) is 2. The normalized spacial score (nSPS) is 24.4. The fraction of sp³-hybridized carbons (Fsp3) is 0.643. The van der Waals surface area contributed by atoms with Gasteiger partial charge in [-0.15, -0.1) is 0 Å². The van der Waals surface area contributed by atoms with Gasteiger partial charge in [-0.2, -0.15) is 5.10 Å². The molecule has 0 radical (unpaired) electrons.